The Morgan fingerprint density at radius 1 is 1.00 bits per heavy atom. The smallest absolute Gasteiger partial charge is 0.163 e. The molecule has 0 aromatic heterocycles. The van der Waals surface area contributed by atoms with E-state index in [4.69, 9.17) is 0 Å². The summed E-state index contributed by atoms with van der Waals surface area (Å²) < 4.78 is 0.961. The molecule has 2 nitrogen and oxygen atoms in total. The molecule has 0 heterocycles. The van der Waals surface area contributed by atoms with E-state index in [1.54, 1.807) is 13.0 Å². The summed E-state index contributed by atoms with van der Waals surface area (Å²) in [6, 6.07) is 14.8. The largest absolute Gasteiger partial charge is 0.295 e. The van der Waals surface area contributed by atoms with Crippen molar-refractivity contribution in [3.05, 3.63) is 69.7 Å². The van der Waals surface area contributed by atoms with Crippen LogP contribution in [0, 0.1) is 0 Å². The SMILES string of the molecule is CC(=O)c1cccc(CCC(=O)c2ccc(Br)cc2)c1. The maximum atomic E-state index is 12.1. The van der Waals surface area contributed by atoms with Crippen LogP contribution >= 0.6 is 15.9 Å². The van der Waals surface area contributed by atoms with Gasteiger partial charge in [-0.2, -0.15) is 0 Å². The van der Waals surface area contributed by atoms with Gasteiger partial charge in [-0.3, -0.25) is 9.59 Å². The van der Waals surface area contributed by atoms with Crippen molar-refractivity contribution in [2.45, 2.75) is 19.8 Å². The van der Waals surface area contributed by atoms with E-state index in [1.165, 1.54) is 0 Å². The fourth-order valence-electron chi connectivity index (χ4n) is 1.98. The number of ketones is 2. The quantitative estimate of drug-likeness (QED) is 0.758. The first-order valence-corrected chi connectivity index (χ1v) is 7.24. The average molecular weight is 331 g/mol. The average Bonchev–Trinajstić information content (AvgIpc) is 2.46. The molecule has 0 atom stereocenters. The van der Waals surface area contributed by atoms with Crippen molar-refractivity contribution in [3.8, 4) is 0 Å². The van der Waals surface area contributed by atoms with Crippen LogP contribution in [0.2, 0.25) is 0 Å². The van der Waals surface area contributed by atoms with E-state index in [2.05, 4.69) is 15.9 Å². The van der Waals surface area contributed by atoms with E-state index >= 15 is 0 Å². The van der Waals surface area contributed by atoms with Gasteiger partial charge in [-0.1, -0.05) is 46.3 Å². The van der Waals surface area contributed by atoms with Crippen molar-refractivity contribution in [2.75, 3.05) is 0 Å². The number of carbonyl (C=O) groups excluding carboxylic acids is 2. The van der Waals surface area contributed by atoms with Crippen LogP contribution in [0.5, 0.6) is 0 Å². The molecule has 2 aromatic carbocycles. The lowest BCUT2D eigenvalue weighted by Crippen LogP contribution is -2.02. The number of hydrogen-bond acceptors (Lipinski definition) is 2. The lowest BCUT2D eigenvalue weighted by atomic mass is 10.0. The van der Waals surface area contributed by atoms with Gasteiger partial charge in [0.15, 0.2) is 11.6 Å². The molecule has 0 N–H and O–H groups in total. The van der Waals surface area contributed by atoms with E-state index in [0.717, 1.165) is 15.6 Å². The lowest BCUT2D eigenvalue weighted by molar-refractivity contribution is 0.0981. The van der Waals surface area contributed by atoms with Gasteiger partial charge < -0.3 is 0 Å². The summed E-state index contributed by atoms with van der Waals surface area (Å²) in [5.41, 5.74) is 2.43. The topological polar surface area (TPSA) is 34.1 Å². The number of benzene rings is 2. The minimum Gasteiger partial charge on any atom is -0.295 e. The maximum Gasteiger partial charge on any atom is 0.163 e. The third-order valence-corrected chi connectivity index (χ3v) is 3.67. The second-order valence-corrected chi connectivity index (χ2v) is 5.60. The first-order chi connectivity index (χ1) is 9.56. The summed E-state index contributed by atoms with van der Waals surface area (Å²) in [6.07, 6.45) is 1.10. The first kappa shape index (κ1) is 14.7. The highest BCUT2D eigenvalue weighted by Crippen LogP contribution is 2.14. The fraction of sp³-hybridized carbons (Fsp3) is 0.176. The Balaban J connectivity index is 2.01. The van der Waals surface area contributed by atoms with Crippen LogP contribution in [0.3, 0.4) is 0 Å². The van der Waals surface area contributed by atoms with E-state index < -0.39 is 0 Å². The minimum absolute atomic E-state index is 0.0473. The van der Waals surface area contributed by atoms with E-state index in [0.29, 0.717) is 18.4 Å². The van der Waals surface area contributed by atoms with Crippen LogP contribution < -0.4 is 0 Å². The van der Waals surface area contributed by atoms with Crippen molar-refractivity contribution in [1.29, 1.82) is 0 Å². The van der Waals surface area contributed by atoms with E-state index in [-0.39, 0.29) is 11.6 Å². The predicted octanol–water partition coefficient (Wildman–Crippen LogP) is 4.47. The molecular formula is C17H15BrO2. The molecule has 2 rings (SSSR count). The van der Waals surface area contributed by atoms with Crippen molar-refractivity contribution in [3.63, 3.8) is 0 Å². The Morgan fingerprint density at radius 3 is 2.35 bits per heavy atom. The van der Waals surface area contributed by atoms with Crippen molar-refractivity contribution in [2.24, 2.45) is 0 Å². The first-order valence-electron chi connectivity index (χ1n) is 6.45. The summed E-state index contributed by atoms with van der Waals surface area (Å²) >= 11 is 3.35. The Morgan fingerprint density at radius 2 is 1.70 bits per heavy atom. The number of Topliss-reactive ketones (excluding diaryl/α,β-unsaturated/α-hetero) is 2. The summed E-state index contributed by atoms with van der Waals surface area (Å²) in [6.45, 7) is 1.55. The van der Waals surface area contributed by atoms with Crippen molar-refractivity contribution < 1.29 is 9.59 Å². The second kappa shape index (κ2) is 6.62. The molecule has 2 aromatic rings. The van der Waals surface area contributed by atoms with Crippen molar-refractivity contribution >= 4 is 27.5 Å². The van der Waals surface area contributed by atoms with Gasteiger partial charge >= 0.3 is 0 Å². The third kappa shape index (κ3) is 3.87. The Hall–Kier alpha value is -1.74. The molecule has 0 aliphatic heterocycles. The van der Waals surface area contributed by atoms with Gasteiger partial charge in [0, 0.05) is 22.0 Å². The van der Waals surface area contributed by atoms with Gasteiger partial charge in [0.05, 0.1) is 0 Å². The molecule has 0 saturated heterocycles. The van der Waals surface area contributed by atoms with Crippen LogP contribution in [0.25, 0.3) is 0 Å². The van der Waals surface area contributed by atoms with Gasteiger partial charge in [0.1, 0.15) is 0 Å². The van der Waals surface area contributed by atoms with Crippen molar-refractivity contribution in [1.82, 2.24) is 0 Å². The predicted molar refractivity (Wildman–Crippen MR) is 83.2 cm³/mol. The van der Waals surface area contributed by atoms with E-state index in [1.807, 2.05) is 42.5 Å². The second-order valence-electron chi connectivity index (χ2n) is 4.69. The molecule has 0 unspecified atom stereocenters. The molecule has 0 spiro atoms. The highest BCUT2D eigenvalue weighted by atomic mass is 79.9. The molecule has 0 bridgehead atoms. The Kier molecular flexibility index (Phi) is 4.85. The monoisotopic (exact) mass is 330 g/mol. The third-order valence-electron chi connectivity index (χ3n) is 3.14. The normalized spacial score (nSPS) is 10.3. The lowest BCUT2D eigenvalue weighted by Gasteiger charge is -2.04. The maximum absolute atomic E-state index is 12.1. The van der Waals surface area contributed by atoms with Crippen LogP contribution in [0.15, 0.2) is 53.0 Å². The molecule has 0 fully saturated rings. The van der Waals surface area contributed by atoms with E-state index in [9.17, 15) is 9.59 Å². The number of carbonyl (C=O) groups is 2. The number of aryl methyl sites for hydroxylation is 1. The van der Waals surface area contributed by atoms with Gasteiger partial charge in [-0.15, -0.1) is 0 Å². The van der Waals surface area contributed by atoms with Crippen LogP contribution in [-0.4, -0.2) is 11.6 Å². The van der Waals surface area contributed by atoms with Gasteiger partial charge in [-0.05, 0) is 37.1 Å². The fourth-order valence-corrected chi connectivity index (χ4v) is 2.25. The minimum atomic E-state index is 0.0473. The molecule has 0 saturated carbocycles. The Labute approximate surface area is 127 Å². The molecular weight excluding hydrogens is 316 g/mol. The van der Waals surface area contributed by atoms with Crippen LogP contribution in [0.4, 0.5) is 0 Å². The van der Waals surface area contributed by atoms with Gasteiger partial charge in [0.2, 0.25) is 0 Å². The molecule has 102 valence electrons. The molecule has 3 heteroatoms. The summed E-state index contributed by atoms with van der Waals surface area (Å²) in [5.74, 6) is 0.164. The molecule has 0 aliphatic rings. The number of hydrogen-bond donors (Lipinski definition) is 0. The molecule has 20 heavy (non-hydrogen) atoms. The van der Waals surface area contributed by atoms with Crippen LogP contribution in [0.1, 0.15) is 39.6 Å². The standard InChI is InChI=1S/C17H15BrO2/c1-12(19)15-4-2-3-13(11-15)5-10-17(20)14-6-8-16(18)9-7-14/h2-4,6-9,11H,5,10H2,1H3. The zero-order valence-electron chi connectivity index (χ0n) is 11.2. The molecule has 0 radical (unpaired) electrons. The summed E-state index contributed by atoms with van der Waals surface area (Å²) in [4.78, 5) is 23.4. The summed E-state index contributed by atoms with van der Waals surface area (Å²) in [5, 5.41) is 0. The molecule has 0 aliphatic carbocycles. The van der Waals surface area contributed by atoms with Gasteiger partial charge in [-0.25, -0.2) is 0 Å². The van der Waals surface area contributed by atoms with Crippen LogP contribution in [-0.2, 0) is 6.42 Å². The zero-order valence-corrected chi connectivity index (χ0v) is 12.8. The zero-order chi connectivity index (χ0) is 14.5. The molecule has 0 amide bonds. The highest BCUT2D eigenvalue weighted by molar-refractivity contribution is 9.10. The number of halogens is 1. The summed E-state index contributed by atoms with van der Waals surface area (Å²) in [7, 11) is 0. The highest BCUT2D eigenvalue weighted by Gasteiger charge is 2.07. The Bertz CT molecular complexity index is 630. The van der Waals surface area contributed by atoms with Gasteiger partial charge in [0.25, 0.3) is 0 Å². The number of rotatable bonds is 5.